The molecule has 0 unspecified atom stereocenters. The van der Waals surface area contributed by atoms with Gasteiger partial charge in [-0.05, 0) is 18.4 Å². The molecule has 0 heterocycles. The predicted molar refractivity (Wildman–Crippen MR) is 131 cm³/mol. The maximum absolute atomic E-state index is 8.74. The van der Waals surface area contributed by atoms with Gasteiger partial charge in [-0.1, -0.05) is 134 Å². The fraction of sp³-hybridized carbons (Fsp3) is 0.750. The van der Waals surface area contributed by atoms with E-state index in [1.165, 1.54) is 115 Å². The molecule has 6 heteroatoms. The fourth-order valence-electron chi connectivity index (χ4n) is 3.52. The third kappa shape index (κ3) is 30.3. The number of hydrogen-bond donors (Lipinski definition) is 2. The van der Waals surface area contributed by atoms with Crippen LogP contribution < -0.4 is 0 Å². The summed E-state index contributed by atoms with van der Waals surface area (Å²) in [6.45, 7) is 2.30. The molecule has 0 radical (unpaired) electrons. The van der Waals surface area contributed by atoms with Crippen LogP contribution in [0.1, 0.15) is 115 Å². The third-order valence-corrected chi connectivity index (χ3v) is 5.16. The van der Waals surface area contributed by atoms with E-state index in [1.807, 2.05) is 0 Å². The Morgan fingerprint density at radius 2 is 0.900 bits per heavy atom. The first-order chi connectivity index (χ1) is 13.9. The number of unbranched alkanes of at least 4 members (excludes halogenated alkanes) is 15. The molecule has 30 heavy (non-hydrogen) atoms. The van der Waals surface area contributed by atoms with Crippen LogP contribution in [0.2, 0.25) is 0 Å². The van der Waals surface area contributed by atoms with Gasteiger partial charge >= 0.3 is 40.0 Å². The molecule has 0 aliphatic carbocycles. The topological polar surface area (TPSA) is 74.6 Å². The molecule has 0 aliphatic rings. The second-order valence-electron chi connectivity index (χ2n) is 7.99. The Morgan fingerprint density at radius 1 is 0.600 bits per heavy atom. The van der Waals surface area contributed by atoms with E-state index in [9.17, 15) is 0 Å². The van der Waals surface area contributed by atoms with Crippen LogP contribution in [-0.2, 0) is 16.8 Å². The molecule has 1 aromatic rings. The first kappa shape index (κ1) is 32.3. The monoisotopic (exact) mass is 452 g/mol. The maximum atomic E-state index is 8.74. The summed E-state index contributed by atoms with van der Waals surface area (Å²) in [5, 5.41) is 0. The van der Waals surface area contributed by atoms with E-state index in [-0.39, 0.29) is 29.6 Å². The van der Waals surface area contributed by atoms with Crippen molar-refractivity contribution in [2.45, 2.75) is 116 Å². The van der Waals surface area contributed by atoms with E-state index in [1.54, 1.807) is 0 Å². The van der Waals surface area contributed by atoms with E-state index in [4.69, 9.17) is 17.5 Å². The van der Waals surface area contributed by atoms with Gasteiger partial charge in [0, 0.05) is 0 Å². The zero-order valence-electron chi connectivity index (χ0n) is 18.5. The van der Waals surface area contributed by atoms with Crippen LogP contribution >= 0.6 is 0 Å². The summed E-state index contributed by atoms with van der Waals surface area (Å²) < 4.78 is 31.6. The Bertz CT molecular complexity index is 542. The summed E-state index contributed by atoms with van der Waals surface area (Å²) in [6, 6.07) is 10.9. The predicted octanol–water partition coefficient (Wildman–Crippen LogP) is 7.19. The van der Waals surface area contributed by atoms with Gasteiger partial charge in [0.15, 0.2) is 0 Å². The Kier molecular flexibility index (Phi) is 25.5. The summed E-state index contributed by atoms with van der Waals surface area (Å²) in [7, 11) is -4.67. The summed E-state index contributed by atoms with van der Waals surface area (Å²) in [5.74, 6) is 0. The molecule has 4 nitrogen and oxygen atoms in total. The molecule has 172 valence electrons. The fourth-order valence-corrected chi connectivity index (χ4v) is 3.52. The molecule has 0 saturated heterocycles. The van der Waals surface area contributed by atoms with Gasteiger partial charge in [0.05, 0.1) is 0 Å². The Morgan fingerprint density at radius 3 is 1.23 bits per heavy atom. The minimum absolute atomic E-state index is 0. The SMILES string of the molecule is CCCCCCCCCCCCCCCCCCc1ccccc1.O=S(=O)(O)O.[NaH]. The van der Waals surface area contributed by atoms with E-state index < -0.39 is 10.4 Å². The first-order valence-electron chi connectivity index (χ1n) is 11.7. The van der Waals surface area contributed by atoms with Crippen molar-refractivity contribution in [2.24, 2.45) is 0 Å². The van der Waals surface area contributed by atoms with Gasteiger partial charge in [-0.25, -0.2) is 0 Å². The molecular formula is C24H45NaO4S. The van der Waals surface area contributed by atoms with Crippen LogP contribution in [0.3, 0.4) is 0 Å². The van der Waals surface area contributed by atoms with Crippen molar-refractivity contribution >= 4 is 40.0 Å². The van der Waals surface area contributed by atoms with Crippen LogP contribution in [0.5, 0.6) is 0 Å². The van der Waals surface area contributed by atoms with E-state index in [0.29, 0.717) is 0 Å². The Labute approximate surface area is 208 Å². The minimum atomic E-state index is -4.67. The molecule has 1 rings (SSSR count). The van der Waals surface area contributed by atoms with Crippen LogP contribution in [0, 0.1) is 0 Å². The van der Waals surface area contributed by atoms with Gasteiger partial charge in [-0.15, -0.1) is 0 Å². The molecule has 0 bridgehead atoms. The molecule has 1 aromatic carbocycles. The van der Waals surface area contributed by atoms with Crippen LogP contribution in [0.4, 0.5) is 0 Å². The zero-order chi connectivity index (χ0) is 21.6. The zero-order valence-corrected chi connectivity index (χ0v) is 19.3. The number of rotatable bonds is 17. The molecule has 0 saturated carbocycles. The Balaban J connectivity index is 0. The number of aryl methyl sites for hydroxylation is 1. The molecule has 0 spiro atoms. The van der Waals surface area contributed by atoms with Crippen molar-refractivity contribution in [1.29, 1.82) is 0 Å². The molecular weight excluding hydrogens is 407 g/mol. The van der Waals surface area contributed by atoms with Crippen LogP contribution in [-0.4, -0.2) is 47.1 Å². The third-order valence-electron chi connectivity index (χ3n) is 5.16. The summed E-state index contributed by atoms with van der Waals surface area (Å²) in [4.78, 5) is 0. The average molecular weight is 453 g/mol. The normalized spacial score (nSPS) is 10.8. The van der Waals surface area contributed by atoms with Crippen LogP contribution in [0.25, 0.3) is 0 Å². The number of benzene rings is 1. The summed E-state index contributed by atoms with van der Waals surface area (Å²) in [5.41, 5.74) is 1.50. The second-order valence-corrected chi connectivity index (χ2v) is 8.88. The molecule has 0 amide bonds. The van der Waals surface area contributed by atoms with Crippen molar-refractivity contribution in [3.05, 3.63) is 35.9 Å². The molecule has 0 atom stereocenters. The first-order valence-corrected chi connectivity index (χ1v) is 13.1. The van der Waals surface area contributed by atoms with E-state index in [2.05, 4.69) is 37.3 Å². The number of hydrogen-bond acceptors (Lipinski definition) is 2. The van der Waals surface area contributed by atoms with Crippen LogP contribution in [0.15, 0.2) is 30.3 Å². The molecule has 0 aliphatic heterocycles. The van der Waals surface area contributed by atoms with Crippen molar-refractivity contribution in [1.82, 2.24) is 0 Å². The van der Waals surface area contributed by atoms with Gasteiger partial charge in [0.2, 0.25) is 0 Å². The van der Waals surface area contributed by atoms with Gasteiger partial charge in [0.25, 0.3) is 0 Å². The summed E-state index contributed by atoms with van der Waals surface area (Å²) in [6.07, 6.45) is 24.4. The second kappa shape index (κ2) is 23.7. The van der Waals surface area contributed by atoms with Crippen molar-refractivity contribution in [2.75, 3.05) is 0 Å². The van der Waals surface area contributed by atoms with Crippen molar-refractivity contribution in [3.8, 4) is 0 Å². The molecule has 0 aromatic heterocycles. The molecule has 2 N–H and O–H groups in total. The standard InChI is InChI=1S/C24H42.Na.H2O4S.H/c1-2-3-4-5-6-7-8-9-10-11-12-13-14-15-16-18-21-24-22-19-17-20-23-24;;1-5(2,3)4;/h17,19-20,22-23H,2-16,18,21H2,1H3;;(H2,1,2,3,4);. The van der Waals surface area contributed by atoms with Crippen molar-refractivity contribution < 1.29 is 17.5 Å². The van der Waals surface area contributed by atoms with Gasteiger partial charge < -0.3 is 0 Å². The van der Waals surface area contributed by atoms with Gasteiger partial charge in [-0.2, -0.15) is 8.42 Å². The quantitative estimate of drug-likeness (QED) is 0.149. The summed E-state index contributed by atoms with van der Waals surface area (Å²) >= 11 is 0. The van der Waals surface area contributed by atoms with Crippen molar-refractivity contribution in [3.63, 3.8) is 0 Å². The van der Waals surface area contributed by atoms with Gasteiger partial charge in [-0.3, -0.25) is 9.11 Å². The Hall–Kier alpha value is 0.0900. The van der Waals surface area contributed by atoms with Gasteiger partial charge in [0.1, 0.15) is 0 Å². The van der Waals surface area contributed by atoms with E-state index in [0.717, 1.165) is 0 Å². The molecule has 0 fully saturated rings. The average Bonchev–Trinajstić information content (AvgIpc) is 2.67. The van der Waals surface area contributed by atoms with E-state index >= 15 is 0 Å².